The van der Waals surface area contributed by atoms with Gasteiger partial charge in [-0.25, -0.2) is 0 Å². The minimum absolute atomic E-state index is 0.0849. The average molecular weight is 313 g/mol. The summed E-state index contributed by atoms with van der Waals surface area (Å²) in [5.41, 5.74) is 0. The molecule has 2 heterocycles. The Morgan fingerprint density at radius 2 is 2.48 bits per heavy atom. The molecule has 0 radical (unpaired) electrons. The number of nitrogens with zero attached hydrogens (tertiary/aromatic N) is 2. The fourth-order valence-electron chi connectivity index (χ4n) is 3.15. The van der Waals surface area contributed by atoms with Gasteiger partial charge in [-0.3, -0.25) is 9.48 Å². The Morgan fingerprint density at radius 3 is 3.29 bits per heavy atom. The summed E-state index contributed by atoms with van der Waals surface area (Å²) < 4.78 is 7.47. The lowest BCUT2D eigenvalue weighted by molar-refractivity contribution is -0.128. The van der Waals surface area contributed by atoms with E-state index in [-0.39, 0.29) is 17.9 Å². The lowest BCUT2D eigenvalue weighted by Crippen LogP contribution is -2.53. The summed E-state index contributed by atoms with van der Waals surface area (Å²) in [7, 11) is 0. The standard InChI is InChI=1S/C14H21ClN4O2/c15-11-8-18-19(9-11)5-3-17-14(20)10-1-2-13-12(7-10)16-4-6-21-13/h8-10,12-13,16H,1-7H2,(H,17,20)/t10-,12+,13+/m0/s1. The van der Waals surface area contributed by atoms with Crippen molar-refractivity contribution in [2.45, 2.75) is 38.0 Å². The van der Waals surface area contributed by atoms with E-state index in [4.69, 9.17) is 16.3 Å². The SMILES string of the molecule is O=C(NCCn1cc(Cl)cn1)[C@H]1CC[C@H]2OCCN[C@@H]2C1. The summed E-state index contributed by atoms with van der Waals surface area (Å²) in [5.74, 6) is 0.223. The Balaban J connectivity index is 1.43. The Hall–Kier alpha value is -1.11. The number of carbonyl (C=O) groups excluding carboxylic acids is 1. The van der Waals surface area contributed by atoms with Crippen molar-refractivity contribution in [3.05, 3.63) is 17.4 Å². The van der Waals surface area contributed by atoms with E-state index >= 15 is 0 Å². The van der Waals surface area contributed by atoms with E-state index in [0.717, 1.165) is 32.4 Å². The topological polar surface area (TPSA) is 68.2 Å². The van der Waals surface area contributed by atoms with Crippen LogP contribution in [0.25, 0.3) is 0 Å². The molecular weight excluding hydrogens is 292 g/mol. The first-order valence-electron chi connectivity index (χ1n) is 7.53. The summed E-state index contributed by atoms with van der Waals surface area (Å²) in [5, 5.41) is 11.2. The van der Waals surface area contributed by atoms with Crippen molar-refractivity contribution in [1.29, 1.82) is 0 Å². The molecule has 7 heteroatoms. The molecule has 0 bridgehead atoms. The average Bonchev–Trinajstić information content (AvgIpc) is 2.92. The molecule has 21 heavy (non-hydrogen) atoms. The van der Waals surface area contributed by atoms with Crippen LogP contribution >= 0.6 is 11.6 Å². The van der Waals surface area contributed by atoms with Gasteiger partial charge in [0.15, 0.2) is 0 Å². The van der Waals surface area contributed by atoms with Crippen molar-refractivity contribution < 1.29 is 9.53 Å². The number of nitrogens with one attached hydrogen (secondary N) is 2. The number of morpholine rings is 1. The normalized spacial score (nSPS) is 28.9. The predicted molar refractivity (Wildman–Crippen MR) is 79.1 cm³/mol. The molecule has 3 rings (SSSR count). The highest BCUT2D eigenvalue weighted by Crippen LogP contribution is 2.28. The van der Waals surface area contributed by atoms with Gasteiger partial charge in [-0.05, 0) is 19.3 Å². The van der Waals surface area contributed by atoms with Gasteiger partial charge in [0.25, 0.3) is 0 Å². The van der Waals surface area contributed by atoms with Crippen LogP contribution in [-0.2, 0) is 16.1 Å². The first-order valence-corrected chi connectivity index (χ1v) is 7.91. The smallest absolute Gasteiger partial charge is 0.223 e. The molecule has 1 aromatic rings. The lowest BCUT2D eigenvalue weighted by Gasteiger charge is -2.39. The second-order valence-electron chi connectivity index (χ2n) is 5.69. The maximum Gasteiger partial charge on any atom is 0.223 e. The number of ether oxygens (including phenoxy) is 1. The number of fused-ring (bicyclic) bond motifs is 1. The minimum atomic E-state index is 0.0849. The summed E-state index contributed by atoms with van der Waals surface area (Å²) in [4.78, 5) is 12.2. The molecule has 2 aliphatic rings. The predicted octanol–water partition coefficient (Wildman–Crippen LogP) is 0.810. The van der Waals surface area contributed by atoms with Crippen molar-refractivity contribution in [2.75, 3.05) is 19.7 Å². The fraction of sp³-hybridized carbons (Fsp3) is 0.714. The summed E-state index contributed by atoms with van der Waals surface area (Å²) in [6.45, 7) is 2.88. The fourth-order valence-corrected chi connectivity index (χ4v) is 3.30. The van der Waals surface area contributed by atoms with Gasteiger partial charge >= 0.3 is 0 Å². The van der Waals surface area contributed by atoms with E-state index in [1.807, 2.05) is 0 Å². The zero-order valence-electron chi connectivity index (χ0n) is 11.9. The third kappa shape index (κ3) is 3.75. The van der Waals surface area contributed by atoms with Crippen molar-refractivity contribution in [3.8, 4) is 0 Å². The molecule has 0 unspecified atom stereocenters. The van der Waals surface area contributed by atoms with E-state index in [2.05, 4.69) is 15.7 Å². The van der Waals surface area contributed by atoms with E-state index in [1.165, 1.54) is 0 Å². The molecule has 2 N–H and O–H groups in total. The molecule has 1 amide bonds. The van der Waals surface area contributed by atoms with Crippen LogP contribution in [0.3, 0.4) is 0 Å². The van der Waals surface area contributed by atoms with Crippen LogP contribution in [0, 0.1) is 5.92 Å². The molecule has 116 valence electrons. The Kier molecular flexibility index (Phi) is 4.77. The van der Waals surface area contributed by atoms with Crippen molar-refractivity contribution in [1.82, 2.24) is 20.4 Å². The summed E-state index contributed by atoms with van der Waals surface area (Å²) in [6.07, 6.45) is 6.37. The van der Waals surface area contributed by atoms with E-state index < -0.39 is 0 Å². The van der Waals surface area contributed by atoms with Crippen LogP contribution < -0.4 is 10.6 Å². The molecule has 1 saturated heterocycles. The van der Waals surface area contributed by atoms with Gasteiger partial charge in [-0.15, -0.1) is 0 Å². The zero-order chi connectivity index (χ0) is 14.7. The van der Waals surface area contributed by atoms with Gasteiger partial charge in [-0.2, -0.15) is 5.10 Å². The largest absolute Gasteiger partial charge is 0.375 e. The molecule has 3 atom stereocenters. The Morgan fingerprint density at radius 1 is 1.57 bits per heavy atom. The van der Waals surface area contributed by atoms with Crippen LogP contribution in [0.4, 0.5) is 0 Å². The molecule has 1 aliphatic carbocycles. The van der Waals surface area contributed by atoms with E-state index in [1.54, 1.807) is 17.1 Å². The number of aromatic nitrogens is 2. The van der Waals surface area contributed by atoms with Crippen LogP contribution in [-0.4, -0.2) is 47.5 Å². The molecule has 6 nitrogen and oxygen atoms in total. The first-order chi connectivity index (χ1) is 10.2. The molecule has 0 aromatic carbocycles. The van der Waals surface area contributed by atoms with Gasteiger partial charge in [0, 0.05) is 31.2 Å². The van der Waals surface area contributed by atoms with Gasteiger partial charge in [0.05, 0.1) is 30.5 Å². The summed E-state index contributed by atoms with van der Waals surface area (Å²) in [6, 6.07) is 0.327. The third-order valence-corrected chi connectivity index (χ3v) is 4.44. The van der Waals surface area contributed by atoms with Crippen molar-refractivity contribution >= 4 is 17.5 Å². The molecule has 2 fully saturated rings. The van der Waals surface area contributed by atoms with Gasteiger partial charge in [-0.1, -0.05) is 11.6 Å². The monoisotopic (exact) mass is 312 g/mol. The van der Waals surface area contributed by atoms with E-state index in [0.29, 0.717) is 24.2 Å². The van der Waals surface area contributed by atoms with Crippen molar-refractivity contribution in [3.63, 3.8) is 0 Å². The highest BCUT2D eigenvalue weighted by atomic mass is 35.5. The second kappa shape index (κ2) is 6.77. The number of hydrogen-bond acceptors (Lipinski definition) is 4. The third-order valence-electron chi connectivity index (χ3n) is 4.24. The summed E-state index contributed by atoms with van der Waals surface area (Å²) >= 11 is 5.80. The van der Waals surface area contributed by atoms with Crippen LogP contribution in [0.2, 0.25) is 5.02 Å². The Labute approximate surface area is 129 Å². The van der Waals surface area contributed by atoms with Gasteiger partial charge < -0.3 is 15.4 Å². The van der Waals surface area contributed by atoms with Gasteiger partial charge in [0.2, 0.25) is 5.91 Å². The van der Waals surface area contributed by atoms with Crippen LogP contribution in [0.15, 0.2) is 12.4 Å². The first kappa shape index (κ1) is 14.8. The van der Waals surface area contributed by atoms with Gasteiger partial charge in [0.1, 0.15) is 0 Å². The number of carbonyl (C=O) groups is 1. The zero-order valence-corrected chi connectivity index (χ0v) is 12.7. The molecule has 1 aromatic heterocycles. The molecular formula is C14H21ClN4O2. The number of rotatable bonds is 4. The maximum atomic E-state index is 12.2. The van der Waals surface area contributed by atoms with Crippen LogP contribution in [0.5, 0.6) is 0 Å². The molecule has 0 spiro atoms. The number of hydrogen-bond donors (Lipinski definition) is 2. The van der Waals surface area contributed by atoms with Crippen molar-refractivity contribution in [2.24, 2.45) is 5.92 Å². The van der Waals surface area contributed by atoms with E-state index in [9.17, 15) is 4.79 Å². The lowest BCUT2D eigenvalue weighted by atomic mass is 9.82. The Bertz CT molecular complexity index is 493. The number of halogens is 1. The number of amides is 1. The molecule has 1 saturated carbocycles. The second-order valence-corrected chi connectivity index (χ2v) is 6.13. The highest BCUT2D eigenvalue weighted by molar-refractivity contribution is 6.30. The minimum Gasteiger partial charge on any atom is -0.375 e. The molecule has 1 aliphatic heterocycles. The maximum absolute atomic E-state index is 12.2. The highest BCUT2D eigenvalue weighted by Gasteiger charge is 2.35. The quantitative estimate of drug-likeness (QED) is 0.863. The van der Waals surface area contributed by atoms with Crippen LogP contribution in [0.1, 0.15) is 19.3 Å².